The molecule has 7 atom stereocenters. The Labute approximate surface area is 255 Å². The van der Waals surface area contributed by atoms with E-state index in [4.69, 9.17) is 55.9 Å². The Morgan fingerprint density at radius 2 is 1.85 bits per heavy atom. The van der Waals surface area contributed by atoms with Gasteiger partial charge in [0.2, 0.25) is 0 Å². The van der Waals surface area contributed by atoms with Crippen LogP contribution in [0.1, 0.15) is 6.04 Å². The Hall–Kier alpha value is -2.03. The molecule has 2 aliphatic rings. The van der Waals surface area contributed by atoms with Crippen LogP contribution < -0.4 is 10.2 Å². The molecule has 3 aromatic rings. The Bertz CT molecular complexity index is 1390. The fourth-order valence-corrected chi connectivity index (χ4v) is 6.09. The van der Waals surface area contributed by atoms with Gasteiger partial charge in [-0.15, -0.1) is 5.10 Å². The van der Waals surface area contributed by atoms with Crippen molar-refractivity contribution < 1.29 is 29.6 Å². The number of ether oxygens (including phenoxy) is 2. The summed E-state index contributed by atoms with van der Waals surface area (Å²) in [5, 5.41) is 44.8. The number of aromatic nitrogens is 3. The number of benzene rings is 2. The number of methoxy groups -OCH3 is 1. The van der Waals surface area contributed by atoms with E-state index in [-0.39, 0.29) is 23.1 Å². The molecule has 220 valence electrons. The van der Waals surface area contributed by atoms with Gasteiger partial charge in [-0.3, -0.25) is 4.79 Å². The molecule has 0 saturated carbocycles. The van der Waals surface area contributed by atoms with E-state index in [0.717, 1.165) is 0 Å². The predicted molar refractivity (Wildman–Crippen MR) is 154 cm³/mol. The van der Waals surface area contributed by atoms with E-state index in [0.29, 0.717) is 27.0 Å². The van der Waals surface area contributed by atoms with Crippen molar-refractivity contribution in [1.82, 2.24) is 20.3 Å². The van der Waals surface area contributed by atoms with Crippen molar-refractivity contribution in [3.05, 3.63) is 62.7 Å². The Morgan fingerprint density at radius 1 is 1.12 bits per heavy atom. The highest BCUT2D eigenvalue weighted by Crippen LogP contribution is 2.36. The molecule has 11 nitrogen and oxygen atoms in total. The van der Waals surface area contributed by atoms with Gasteiger partial charge in [0.15, 0.2) is 6.10 Å². The van der Waals surface area contributed by atoms with Crippen molar-refractivity contribution >= 4 is 58.0 Å². The lowest BCUT2D eigenvalue weighted by atomic mass is 9.91. The number of β-amino-alcohol motifs (C(OH)–C–C–N with tert-alkyl or cyclic N) is 1. The first-order chi connectivity index (χ1) is 19.6. The van der Waals surface area contributed by atoms with Crippen LogP contribution in [-0.2, 0) is 14.3 Å². The Kier molecular flexibility index (Phi) is 9.41. The van der Waals surface area contributed by atoms with Crippen LogP contribution in [0.5, 0.6) is 0 Å². The molecule has 0 radical (unpaired) electrons. The molecule has 0 bridgehead atoms. The second-order valence-electron chi connectivity index (χ2n) is 9.80. The lowest BCUT2D eigenvalue weighted by Gasteiger charge is -2.45. The summed E-state index contributed by atoms with van der Waals surface area (Å²) in [6, 6.07) is 7.91. The Morgan fingerprint density at radius 3 is 2.46 bits per heavy atom. The molecule has 41 heavy (non-hydrogen) atoms. The minimum absolute atomic E-state index is 0.263. The third kappa shape index (κ3) is 6.07. The largest absolute Gasteiger partial charge is 0.394 e. The quantitative estimate of drug-likeness (QED) is 0.305. The number of hydrogen-bond donors (Lipinski definition) is 4. The zero-order valence-electron chi connectivity index (χ0n) is 21.6. The molecule has 15 heteroatoms. The molecule has 1 amide bonds. The molecule has 5 rings (SSSR count). The summed E-state index contributed by atoms with van der Waals surface area (Å²) in [5.74, 6) is -0.594. The van der Waals surface area contributed by atoms with Crippen LogP contribution in [0, 0.1) is 0 Å². The number of aliphatic hydroxyl groups is 3. The summed E-state index contributed by atoms with van der Waals surface area (Å²) in [5.41, 5.74) is 1.39. The molecule has 0 spiro atoms. The highest BCUT2D eigenvalue weighted by molar-refractivity contribution is 6.42. The normalized spacial score (nSPS) is 28.1. The topological polar surface area (TPSA) is 142 Å². The SMILES string of the molecule is COC1C(C(=O)N(c2cc(Cl)cc(Cl)c2)[C@H]2CNC[C@@H]2O)OC(CO)C(O)C1n1cc(-c2ccc(Cl)c(Cl)c2)nn1. The van der Waals surface area contributed by atoms with Gasteiger partial charge in [-0.05, 0) is 30.3 Å². The number of nitrogens with one attached hydrogen (secondary N) is 1. The molecular weight excluding hydrogens is 620 g/mol. The van der Waals surface area contributed by atoms with Crippen molar-refractivity contribution in [1.29, 1.82) is 0 Å². The van der Waals surface area contributed by atoms with E-state index < -0.39 is 55.1 Å². The van der Waals surface area contributed by atoms with E-state index in [1.54, 1.807) is 36.5 Å². The van der Waals surface area contributed by atoms with Gasteiger partial charge in [0.05, 0.1) is 35.0 Å². The predicted octanol–water partition coefficient (Wildman–Crippen LogP) is 2.60. The molecule has 2 fully saturated rings. The summed E-state index contributed by atoms with van der Waals surface area (Å²) in [4.78, 5) is 15.7. The van der Waals surface area contributed by atoms with E-state index in [1.807, 2.05) is 0 Å². The fraction of sp³-hybridized carbons (Fsp3) is 0.423. The molecule has 2 aliphatic heterocycles. The van der Waals surface area contributed by atoms with Crippen LogP contribution in [0.25, 0.3) is 11.3 Å². The number of carbonyl (C=O) groups excluding carboxylic acids is 1. The molecule has 3 heterocycles. The zero-order chi connectivity index (χ0) is 29.4. The number of halogens is 4. The van der Waals surface area contributed by atoms with Gasteiger partial charge in [-0.25, -0.2) is 4.68 Å². The third-order valence-electron chi connectivity index (χ3n) is 7.26. The number of carbonyl (C=O) groups is 1. The van der Waals surface area contributed by atoms with Gasteiger partial charge in [0.1, 0.15) is 30.0 Å². The maximum atomic E-state index is 14.3. The third-order valence-corrected chi connectivity index (χ3v) is 8.43. The van der Waals surface area contributed by atoms with E-state index in [1.165, 1.54) is 22.8 Å². The second-order valence-corrected chi connectivity index (χ2v) is 11.5. The van der Waals surface area contributed by atoms with E-state index in [9.17, 15) is 20.1 Å². The molecule has 2 aromatic carbocycles. The van der Waals surface area contributed by atoms with Crippen molar-refractivity contribution in [3.8, 4) is 11.3 Å². The number of anilines is 1. The molecular formula is C26H27Cl4N5O6. The standard InChI is InChI=1S/C26H27Cl4N5O6/c1-40-24-22(34-10-18(32-33-34)12-2-3-16(29)17(30)4-12)23(38)21(11-36)41-25(24)26(39)35(19-8-31-9-20(19)37)15-6-13(27)5-14(28)7-15/h2-7,10,19-25,31,36-38H,8-9,11H2,1H3/t19-,20-,21?,22?,23?,24?,25?/m0/s1. The minimum atomic E-state index is -1.34. The van der Waals surface area contributed by atoms with Crippen molar-refractivity contribution in [2.45, 2.75) is 42.6 Å². The summed E-state index contributed by atoms with van der Waals surface area (Å²) in [7, 11) is 1.37. The van der Waals surface area contributed by atoms with Gasteiger partial charge < -0.3 is 35.0 Å². The van der Waals surface area contributed by atoms with E-state index >= 15 is 0 Å². The molecule has 5 unspecified atom stereocenters. The van der Waals surface area contributed by atoms with Gasteiger partial charge in [-0.1, -0.05) is 57.7 Å². The highest BCUT2D eigenvalue weighted by atomic mass is 35.5. The van der Waals surface area contributed by atoms with Gasteiger partial charge in [0, 0.05) is 41.5 Å². The average molecular weight is 647 g/mol. The number of nitrogens with zero attached hydrogens (tertiary/aromatic N) is 4. The van der Waals surface area contributed by atoms with Crippen LogP contribution in [0.15, 0.2) is 42.6 Å². The van der Waals surface area contributed by atoms with Crippen LogP contribution in [0.2, 0.25) is 20.1 Å². The van der Waals surface area contributed by atoms with Crippen molar-refractivity contribution in [3.63, 3.8) is 0 Å². The fourth-order valence-electron chi connectivity index (χ4n) is 5.28. The molecule has 4 N–H and O–H groups in total. The van der Waals surface area contributed by atoms with Gasteiger partial charge in [-0.2, -0.15) is 0 Å². The first kappa shape index (κ1) is 30.4. The summed E-state index contributed by atoms with van der Waals surface area (Å²) in [6.07, 6.45) is -4.26. The smallest absolute Gasteiger partial charge is 0.259 e. The van der Waals surface area contributed by atoms with Gasteiger partial charge in [0.25, 0.3) is 5.91 Å². The van der Waals surface area contributed by atoms with Crippen LogP contribution in [0.4, 0.5) is 5.69 Å². The second kappa shape index (κ2) is 12.7. The number of amides is 1. The van der Waals surface area contributed by atoms with Gasteiger partial charge >= 0.3 is 0 Å². The molecule has 0 aliphatic carbocycles. The number of aliphatic hydroxyl groups excluding tert-OH is 3. The van der Waals surface area contributed by atoms with Crippen molar-refractivity contribution in [2.75, 3.05) is 31.7 Å². The minimum Gasteiger partial charge on any atom is -0.394 e. The first-order valence-corrected chi connectivity index (χ1v) is 14.2. The summed E-state index contributed by atoms with van der Waals surface area (Å²) in [6.45, 7) is -0.0468. The summed E-state index contributed by atoms with van der Waals surface area (Å²) < 4.78 is 13.1. The number of hydrogen-bond acceptors (Lipinski definition) is 9. The lowest BCUT2D eigenvalue weighted by Crippen LogP contribution is -2.63. The van der Waals surface area contributed by atoms with Crippen LogP contribution in [0.3, 0.4) is 0 Å². The lowest BCUT2D eigenvalue weighted by molar-refractivity contribution is -0.211. The Balaban J connectivity index is 1.54. The zero-order valence-corrected chi connectivity index (χ0v) is 24.6. The maximum Gasteiger partial charge on any atom is 0.259 e. The maximum absolute atomic E-state index is 14.3. The highest BCUT2D eigenvalue weighted by Gasteiger charge is 2.52. The summed E-state index contributed by atoms with van der Waals surface area (Å²) >= 11 is 24.7. The monoisotopic (exact) mass is 645 g/mol. The molecule has 2 saturated heterocycles. The van der Waals surface area contributed by atoms with Crippen LogP contribution >= 0.6 is 46.4 Å². The van der Waals surface area contributed by atoms with Crippen LogP contribution in [-0.4, -0.2) is 99.6 Å². The average Bonchev–Trinajstić information content (AvgIpc) is 3.59. The molecule has 1 aromatic heterocycles. The van der Waals surface area contributed by atoms with Crippen molar-refractivity contribution in [2.24, 2.45) is 0 Å². The first-order valence-electron chi connectivity index (χ1n) is 12.6. The van der Waals surface area contributed by atoms with E-state index in [2.05, 4.69) is 15.6 Å². The number of rotatable bonds is 7.